The normalized spacial score (nSPS) is 11.8. The van der Waals surface area contributed by atoms with Gasteiger partial charge in [-0.05, 0) is 36.4 Å². The van der Waals surface area contributed by atoms with Crippen LogP contribution in [0.3, 0.4) is 0 Å². The molecular formula is C20H13Cl2F3N2O4S. The number of methoxy groups -OCH3 is 1. The van der Waals surface area contributed by atoms with Crippen molar-refractivity contribution in [1.29, 1.82) is 0 Å². The molecule has 1 N–H and O–H groups in total. The summed E-state index contributed by atoms with van der Waals surface area (Å²) in [6, 6.07) is 9.29. The second kappa shape index (κ2) is 8.97. The van der Waals surface area contributed by atoms with E-state index in [1.165, 1.54) is 19.2 Å². The number of carbonyl (C=O) groups is 1. The van der Waals surface area contributed by atoms with Crippen LogP contribution in [0.4, 0.5) is 18.9 Å². The van der Waals surface area contributed by atoms with Crippen molar-refractivity contribution in [3.8, 4) is 5.75 Å². The van der Waals surface area contributed by atoms with Crippen molar-refractivity contribution in [2.75, 3.05) is 11.8 Å². The first kappa shape index (κ1) is 23.8. The van der Waals surface area contributed by atoms with E-state index in [0.29, 0.717) is 11.8 Å². The summed E-state index contributed by atoms with van der Waals surface area (Å²) in [5.74, 6) is -0.279. The zero-order valence-electron chi connectivity index (χ0n) is 16.1. The molecule has 6 nitrogen and oxygen atoms in total. The van der Waals surface area contributed by atoms with Gasteiger partial charge in [0.05, 0.1) is 33.3 Å². The molecule has 0 saturated heterocycles. The third-order valence-electron chi connectivity index (χ3n) is 4.20. The lowest BCUT2D eigenvalue weighted by Crippen LogP contribution is -2.18. The van der Waals surface area contributed by atoms with Crippen LogP contribution in [0.15, 0.2) is 59.6 Å². The van der Waals surface area contributed by atoms with E-state index in [-0.39, 0.29) is 22.0 Å². The Morgan fingerprint density at radius 3 is 2.47 bits per heavy atom. The van der Waals surface area contributed by atoms with Crippen molar-refractivity contribution >= 4 is 44.7 Å². The number of alkyl halides is 3. The molecule has 32 heavy (non-hydrogen) atoms. The molecule has 0 atom stereocenters. The van der Waals surface area contributed by atoms with Crippen LogP contribution in [-0.4, -0.2) is 26.3 Å². The molecule has 0 fully saturated rings. The molecule has 1 heterocycles. The minimum absolute atomic E-state index is 0.00280. The maximum atomic E-state index is 13.1. The SMILES string of the molecule is COc1cccc(C(=O)c2ncc(Cl)cc2NS(=O)(=O)c2ccc(Cl)c(C(F)(F)F)c2)c1. The molecule has 3 rings (SSSR count). The van der Waals surface area contributed by atoms with Crippen LogP contribution in [0.1, 0.15) is 21.6 Å². The number of pyridine rings is 1. The summed E-state index contributed by atoms with van der Waals surface area (Å²) < 4.78 is 72.1. The molecule has 0 aliphatic carbocycles. The summed E-state index contributed by atoms with van der Waals surface area (Å²) >= 11 is 11.5. The molecule has 0 spiro atoms. The molecule has 1 aromatic heterocycles. The monoisotopic (exact) mass is 504 g/mol. The van der Waals surface area contributed by atoms with Gasteiger partial charge in [-0.25, -0.2) is 13.4 Å². The Hall–Kier alpha value is -2.82. The van der Waals surface area contributed by atoms with Crippen molar-refractivity contribution in [2.45, 2.75) is 11.1 Å². The molecule has 168 valence electrons. The third-order valence-corrected chi connectivity index (χ3v) is 6.10. The van der Waals surface area contributed by atoms with Crippen molar-refractivity contribution in [2.24, 2.45) is 0 Å². The van der Waals surface area contributed by atoms with Crippen molar-refractivity contribution in [1.82, 2.24) is 4.98 Å². The van der Waals surface area contributed by atoms with Crippen LogP contribution < -0.4 is 9.46 Å². The Labute approximate surface area is 191 Å². The van der Waals surface area contributed by atoms with Crippen LogP contribution >= 0.6 is 23.2 Å². The van der Waals surface area contributed by atoms with Crippen LogP contribution in [0.2, 0.25) is 10.0 Å². The van der Waals surface area contributed by atoms with E-state index in [9.17, 15) is 26.4 Å². The van der Waals surface area contributed by atoms with Crippen LogP contribution in [0.25, 0.3) is 0 Å². The summed E-state index contributed by atoms with van der Waals surface area (Å²) in [7, 11) is -3.16. The van der Waals surface area contributed by atoms with Gasteiger partial charge in [0, 0.05) is 11.8 Å². The number of benzene rings is 2. The zero-order valence-corrected chi connectivity index (χ0v) is 18.4. The highest BCUT2D eigenvalue weighted by molar-refractivity contribution is 7.92. The fourth-order valence-corrected chi connectivity index (χ4v) is 4.16. The Morgan fingerprint density at radius 2 is 1.81 bits per heavy atom. The van der Waals surface area contributed by atoms with E-state index in [2.05, 4.69) is 9.71 Å². The molecule has 2 aromatic carbocycles. The summed E-state index contributed by atoms with van der Waals surface area (Å²) in [6.07, 6.45) is -3.73. The highest BCUT2D eigenvalue weighted by Gasteiger charge is 2.34. The van der Waals surface area contributed by atoms with Gasteiger partial charge in [-0.2, -0.15) is 13.2 Å². The van der Waals surface area contributed by atoms with Crippen LogP contribution in [-0.2, 0) is 16.2 Å². The van der Waals surface area contributed by atoms with E-state index < -0.39 is 37.5 Å². The first-order valence-electron chi connectivity index (χ1n) is 8.66. The highest BCUT2D eigenvalue weighted by Crippen LogP contribution is 2.36. The molecular weight excluding hydrogens is 492 g/mol. The number of ether oxygens (including phenoxy) is 1. The Kier molecular flexibility index (Phi) is 6.68. The summed E-state index contributed by atoms with van der Waals surface area (Å²) in [5.41, 5.74) is -1.80. The Balaban J connectivity index is 2.04. The Bertz CT molecular complexity index is 1300. The van der Waals surface area contributed by atoms with Crippen LogP contribution in [0.5, 0.6) is 5.75 Å². The highest BCUT2D eigenvalue weighted by atomic mass is 35.5. The third kappa shape index (κ3) is 5.14. The van der Waals surface area contributed by atoms with E-state index >= 15 is 0 Å². The molecule has 0 radical (unpaired) electrons. The summed E-state index contributed by atoms with van der Waals surface area (Å²) in [5, 5.41) is -0.660. The number of hydrogen-bond donors (Lipinski definition) is 1. The number of aromatic nitrogens is 1. The van der Waals surface area contributed by atoms with Crippen molar-refractivity contribution in [3.63, 3.8) is 0 Å². The number of carbonyl (C=O) groups excluding carboxylic acids is 1. The second-order valence-electron chi connectivity index (χ2n) is 6.36. The Morgan fingerprint density at radius 1 is 1.09 bits per heavy atom. The fraction of sp³-hybridized carbons (Fsp3) is 0.100. The predicted molar refractivity (Wildman–Crippen MR) is 113 cm³/mol. The van der Waals surface area contributed by atoms with E-state index in [0.717, 1.165) is 24.4 Å². The number of hydrogen-bond acceptors (Lipinski definition) is 5. The largest absolute Gasteiger partial charge is 0.497 e. The summed E-state index contributed by atoms with van der Waals surface area (Å²) in [4.78, 5) is 16.1. The van der Waals surface area contributed by atoms with Gasteiger partial charge in [0.15, 0.2) is 0 Å². The number of nitrogens with one attached hydrogen (secondary N) is 1. The topological polar surface area (TPSA) is 85.4 Å². The number of ketones is 1. The number of halogens is 5. The molecule has 0 bridgehead atoms. The second-order valence-corrected chi connectivity index (χ2v) is 8.88. The van der Waals surface area contributed by atoms with Gasteiger partial charge in [-0.3, -0.25) is 9.52 Å². The number of anilines is 1. The maximum absolute atomic E-state index is 13.1. The van der Waals surface area contributed by atoms with Gasteiger partial charge < -0.3 is 4.74 Å². The quantitative estimate of drug-likeness (QED) is 0.451. The first-order valence-corrected chi connectivity index (χ1v) is 10.9. The maximum Gasteiger partial charge on any atom is 0.417 e. The molecule has 12 heteroatoms. The summed E-state index contributed by atoms with van der Waals surface area (Å²) in [6.45, 7) is 0. The lowest BCUT2D eigenvalue weighted by atomic mass is 10.1. The number of rotatable bonds is 6. The van der Waals surface area contributed by atoms with Crippen LogP contribution in [0, 0.1) is 0 Å². The van der Waals surface area contributed by atoms with Gasteiger partial charge in [-0.15, -0.1) is 0 Å². The molecule has 3 aromatic rings. The number of sulfonamides is 1. The molecule has 0 amide bonds. The predicted octanol–water partition coefficient (Wildman–Crippen LogP) is 5.45. The number of nitrogens with zero attached hydrogens (tertiary/aromatic N) is 1. The van der Waals surface area contributed by atoms with Crippen molar-refractivity contribution < 1.29 is 31.1 Å². The molecule has 0 aliphatic heterocycles. The first-order chi connectivity index (χ1) is 14.9. The lowest BCUT2D eigenvalue weighted by Gasteiger charge is -2.14. The van der Waals surface area contributed by atoms with Gasteiger partial charge >= 0.3 is 6.18 Å². The average molecular weight is 505 g/mol. The standard InChI is InChI=1S/C20H13Cl2F3N2O4S/c1-31-13-4-2-3-11(7-13)19(28)18-17(8-12(21)10-26-18)27-32(29,30)14-5-6-16(22)15(9-14)20(23,24)25/h2-10,27H,1H3. The van der Waals surface area contributed by atoms with E-state index in [4.69, 9.17) is 27.9 Å². The minimum Gasteiger partial charge on any atom is -0.497 e. The van der Waals surface area contributed by atoms with Gasteiger partial charge in [0.2, 0.25) is 5.78 Å². The molecule has 0 saturated carbocycles. The minimum atomic E-state index is -4.87. The molecule has 0 unspecified atom stereocenters. The van der Waals surface area contributed by atoms with Gasteiger partial charge in [0.25, 0.3) is 10.0 Å². The van der Waals surface area contributed by atoms with Crippen molar-refractivity contribution in [3.05, 3.63) is 81.6 Å². The van der Waals surface area contributed by atoms with E-state index in [1.807, 2.05) is 0 Å². The average Bonchev–Trinajstić information content (AvgIpc) is 2.72. The van der Waals surface area contributed by atoms with Gasteiger partial charge in [0.1, 0.15) is 11.4 Å². The molecule has 0 aliphatic rings. The van der Waals surface area contributed by atoms with E-state index in [1.54, 1.807) is 12.1 Å². The lowest BCUT2D eigenvalue weighted by molar-refractivity contribution is -0.137. The van der Waals surface area contributed by atoms with Gasteiger partial charge in [-0.1, -0.05) is 35.3 Å². The zero-order chi connectivity index (χ0) is 23.7. The smallest absolute Gasteiger partial charge is 0.417 e. The fourth-order valence-electron chi connectivity index (χ4n) is 2.69.